The van der Waals surface area contributed by atoms with Crippen molar-refractivity contribution in [2.75, 3.05) is 11.9 Å². The normalized spacial score (nSPS) is 11.8. The predicted octanol–water partition coefficient (Wildman–Crippen LogP) is 5.86. The number of para-hydroxylation sites is 1. The van der Waals surface area contributed by atoms with E-state index in [-0.39, 0.29) is 18.2 Å². The zero-order chi connectivity index (χ0) is 17.2. The van der Waals surface area contributed by atoms with Crippen molar-refractivity contribution < 1.29 is 4.79 Å². The Labute approximate surface area is 160 Å². The van der Waals surface area contributed by atoms with E-state index >= 15 is 0 Å². The first-order valence-electron chi connectivity index (χ1n) is 9.12. The molecule has 26 heavy (non-hydrogen) atoms. The Morgan fingerprint density at radius 3 is 2.46 bits per heavy atom. The van der Waals surface area contributed by atoms with Crippen molar-refractivity contribution in [3.8, 4) is 11.3 Å². The van der Waals surface area contributed by atoms with Crippen LogP contribution in [0.1, 0.15) is 48.5 Å². The number of carbonyl (C=O) groups is 1. The van der Waals surface area contributed by atoms with E-state index in [4.69, 9.17) is 4.98 Å². The summed E-state index contributed by atoms with van der Waals surface area (Å²) >= 11 is 0. The molecule has 0 spiro atoms. The number of fused-ring (bicyclic) bond motifs is 4. The van der Waals surface area contributed by atoms with E-state index < -0.39 is 0 Å². The van der Waals surface area contributed by atoms with Gasteiger partial charge in [-0.3, -0.25) is 4.79 Å². The van der Waals surface area contributed by atoms with Gasteiger partial charge in [0.15, 0.2) is 5.78 Å². The van der Waals surface area contributed by atoms with Gasteiger partial charge in [-0.25, -0.2) is 4.98 Å². The highest BCUT2D eigenvalue weighted by molar-refractivity contribution is 6.26. The number of unbranched alkanes of at least 4 members (excludes halogenated alkanes) is 3. The molecule has 0 fully saturated rings. The van der Waals surface area contributed by atoms with Gasteiger partial charge in [0.2, 0.25) is 0 Å². The Kier molecular flexibility index (Phi) is 5.58. The maximum atomic E-state index is 13.0. The number of carbonyl (C=O) groups excluding carboxylic acids is 1. The molecule has 0 atom stereocenters. The average Bonchev–Trinajstić information content (AvgIpc) is 2.94. The summed E-state index contributed by atoms with van der Waals surface area (Å²) in [6.45, 7) is 3.09. The molecule has 0 bridgehead atoms. The van der Waals surface area contributed by atoms with Crippen LogP contribution in [0.3, 0.4) is 0 Å². The predicted molar refractivity (Wildman–Crippen MR) is 110 cm³/mol. The lowest BCUT2D eigenvalue weighted by Gasteiger charge is -2.14. The zero-order valence-electron chi connectivity index (χ0n) is 14.9. The van der Waals surface area contributed by atoms with E-state index in [2.05, 4.69) is 12.2 Å². The number of pyridine rings is 1. The van der Waals surface area contributed by atoms with Gasteiger partial charge in [0.1, 0.15) is 0 Å². The van der Waals surface area contributed by atoms with Crippen LogP contribution in [0.2, 0.25) is 0 Å². The third-order valence-corrected chi connectivity index (χ3v) is 4.88. The number of hydrogen-bond acceptors (Lipinski definition) is 3. The zero-order valence-corrected chi connectivity index (χ0v) is 15.7. The van der Waals surface area contributed by atoms with Crippen molar-refractivity contribution in [1.29, 1.82) is 0 Å². The first-order valence-corrected chi connectivity index (χ1v) is 9.12. The van der Waals surface area contributed by atoms with Gasteiger partial charge in [0.25, 0.3) is 0 Å². The second-order valence-electron chi connectivity index (χ2n) is 6.59. The lowest BCUT2D eigenvalue weighted by molar-refractivity contribution is 0.104. The molecule has 1 aliphatic rings. The van der Waals surface area contributed by atoms with Gasteiger partial charge in [0, 0.05) is 23.1 Å². The Morgan fingerprint density at radius 1 is 0.923 bits per heavy atom. The van der Waals surface area contributed by atoms with Gasteiger partial charge < -0.3 is 5.32 Å². The largest absolute Gasteiger partial charge is 0.384 e. The van der Waals surface area contributed by atoms with Gasteiger partial charge >= 0.3 is 0 Å². The van der Waals surface area contributed by atoms with Crippen LogP contribution in [-0.2, 0) is 0 Å². The summed E-state index contributed by atoms with van der Waals surface area (Å²) in [5, 5.41) is 4.58. The molecule has 1 aliphatic carbocycles. The molecule has 1 N–H and O–H groups in total. The number of nitrogens with one attached hydrogen (secondary N) is 1. The number of hydrogen-bond donors (Lipinski definition) is 1. The van der Waals surface area contributed by atoms with Crippen LogP contribution in [0.5, 0.6) is 0 Å². The van der Waals surface area contributed by atoms with Gasteiger partial charge in [0.05, 0.1) is 22.5 Å². The van der Waals surface area contributed by atoms with Gasteiger partial charge in [-0.1, -0.05) is 68.7 Å². The van der Waals surface area contributed by atoms with Crippen molar-refractivity contribution >= 4 is 34.8 Å². The molecule has 4 heteroatoms. The van der Waals surface area contributed by atoms with E-state index in [1.54, 1.807) is 0 Å². The summed E-state index contributed by atoms with van der Waals surface area (Å²) in [5.41, 5.74) is 5.13. The van der Waals surface area contributed by atoms with E-state index in [0.29, 0.717) is 0 Å². The maximum absolute atomic E-state index is 13.0. The second kappa shape index (κ2) is 7.88. The lowest BCUT2D eigenvalue weighted by Crippen LogP contribution is -2.08. The number of halogens is 1. The molecular weight excluding hydrogens is 344 g/mol. The molecular formula is C22H23ClN2O. The fraction of sp³-hybridized carbons (Fsp3) is 0.273. The molecule has 0 radical (unpaired) electrons. The molecule has 2 aromatic carbocycles. The topological polar surface area (TPSA) is 42.0 Å². The third kappa shape index (κ3) is 3.08. The molecule has 0 saturated heterocycles. The summed E-state index contributed by atoms with van der Waals surface area (Å²) in [7, 11) is 0. The van der Waals surface area contributed by atoms with Gasteiger partial charge in [-0.15, -0.1) is 12.4 Å². The Balaban J connectivity index is 0.00000196. The molecule has 3 aromatic rings. The number of anilines is 1. The van der Waals surface area contributed by atoms with Crippen molar-refractivity contribution in [3.05, 3.63) is 59.7 Å². The van der Waals surface area contributed by atoms with Crippen LogP contribution in [0.4, 0.5) is 5.69 Å². The highest BCUT2D eigenvalue weighted by Gasteiger charge is 2.31. The molecule has 134 valence electrons. The van der Waals surface area contributed by atoms with Crippen molar-refractivity contribution in [1.82, 2.24) is 4.98 Å². The van der Waals surface area contributed by atoms with E-state index in [9.17, 15) is 4.79 Å². The first kappa shape index (κ1) is 18.4. The SMILES string of the molecule is CCCCCCNc1c2c(nc3ccccc13)-c1ccccc1C2=O.Cl. The van der Waals surface area contributed by atoms with Gasteiger partial charge in [-0.2, -0.15) is 0 Å². The number of rotatable bonds is 6. The minimum absolute atomic E-state index is 0. The Hall–Kier alpha value is -2.39. The summed E-state index contributed by atoms with van der Waals surface area (Å²) in [6, 6.07) is 15.8. The van der Waals surface area contributed by atoms with Crippen LogP contribution < -0.4 is 5.32 Å². The van der Waals surface area contributed by atoms with Crippen molar-refractivity contribution in [2.24, 2.45) is 0 Å². The fourth-order valence-corrected chi connectivity index (χ4v) is 3.60. The highest BCUT2D eigenvalue weighted by atomic mass is 35.5. The molecule has 0 amide bonds. The minimum atomic E-state index is 0. The number of ketones is 1. The van der Waals surface area contributed by atoms with Crippen LogP contribution >= 0.6 is 12.4 Å². The number of aromatic nitrogens is 1. The molecule has 0 saturated carbocycles. The van der Waals surface area contributed by atoms with E-state index in [1.807, 2.05) is 48.5 Å². The standard InChI is InChI=1S/C22H22N2O.ClH/c1-2-3-4-9-14-23-20-17-12-7-8-13-18(17)24-21-15-10-5-6-11-16(15)22(25)19(20)21;/h5-8,10-13H,2-4,9,14H2,1H3,(H,23,24);1H. The number of benzene rings is 2. The van der Waals surface area contributed by atoms with Crippen LogP contribution in [0, 0.1) is 0 Å². The Bertz CT molecular complexity index is 952. The number of nitrogens with zero attached hydrogens (tertiary/aromatic N) is 1. The summed E-state index contributed by atoms with van der Waals surface area (Å²) in [6.07, 6.45) is 4.80. The van der Waals surface area contributed by atoms with Crippen molar-refractivity contribution in [2.45, 2.75) is 32.6 Å². The molecule has 0 unspecified atom stereocenters. The molecule has 3 nitrogen and oxygen atoms in total. The smallest absolute Gasteiger partial charge is 0.198 e. The fourth-order valence-electron chi connectivity index (χ4n) is 3.60. The van der Waals surface area contributed by atoms with E-state index in [0.717, 1.165) is 51.9 Å². The summed E-state index contributed by atoms with van der Waals surface area (Å²) < 4.78 is 0. The molecule has 0 aliphatic heterocycles. The molecule has 1 heterocycles. The quantitative estimate of drug-likeness (QED) is 0.434. The van der Waals surface area contributed by atoms with Crippen molar-refractivity contribution in [3.63, 3.8) is 0 Å². The summed E-state index contributed by atoms with van der Waals surface area (Å²) in [4.78, 5) is 17.8. The van der Waals surface area contributed by atoms with Crippen LogP contribution in [0.15, 0.2) is 48.5 Å². The minimum Gasteiger partial charge on any atom is -0.384 e. The molecule has 4 rings (SSSR count). The monoisotopic (exact) mass is 366 g/mol. The van der Waals surface area contributed by atoms with Crippen LogP contribution in [-0.4, -0.2) is 17.3 Å². The Morgan fingerprint density at radius 2 is 1.65 bits per heavy atom. The lowest BCUT2D eigenvalue weighted by atomic mass is 10.0. The maximum Gasteiger partial charge on any atom is 0.198 e. The average molecular weight is 367 g/mol. The second-order valence-corrected chi connectivity index (χ2v) is 6.59. The third-order valence-electron chi connectivity index (χ3n) is 4.88. The van der Waals surface area contributed by atoms with E-state index in [1.165, 1.54) is 19.3 Å². The van der Waals surface area contributed by atoms with Gasteiger partial charge in [-0.05, 0) is 12.5 Å². The molecule has 1 aromatic heterocycles. The summed E-state index contributed by atoms with van der Waals surface area (Å²) in [5.74, 6) is 0.0833. The highest BCUT2D eigenvalue weighted by Crippen LogP contribution is 2.41. The van der Waals surface area contributed by atoms with Crippen LogP contribution in [0.25, 0.3) is 22.2 Å². The first-order chi connectivity index (χ1) is 12.3.